The second kappa shape index (κ2) is 6.49. The maximum absolute atomic E-state index is 12.1. The highest BCUT2D eigenvalue weighted by Gasteiger charge is 2.31. The highest BCUT2D eigenvalue weighted by Crippen LogP contribution is 2.31. The van der Waals surface area contributed by atoms with Gasteiger partial charge in [-0.25, -0.2) is 0 Å². The maximum atomic E-state index is 12.1. The van der Waals surface area contributed by atoms with Crippen molar-refractivity contribution in [3.05, 3.63) is 29.3 Å². The number of thioether (sulfide) groups is 1. The molecule has 0 radical (unpaired) electrons. The highest BCUT2D eigenvalue weighted by molar-refractivity contribution is 8.15. The Hall–Kier alpha value is -1.53. The number of hydrogen-bond donors (Lipinski definition) is 0. The molecule has 1 heterocycles. The van der Waals surface area contributed by atoms with Crippen molar-refractivity contribution >= 4 is 46.0 Å². The molecule has 1 aromatic carbocycles. The molecule has 0 saturated carbocycles. The van der Waals surface area contributed by atoms with Gasteiger partial charge in [-0.2, -0.15) is 0 Å². The Balaban J connectivity index is 2.22. The summed E-state index contributed by atoms with van der Waals surface area (Å²) >= 11 is 7.42. The molecular weight excluding hydrogens is 310 g/mol. The van der Waals surface area contributed by atoms with Crippen LogP contribution in [0, 0.1) is 0 Å². The van der Waals surface area contributed by atoms with Gasteiger partial charge in [-0.1, -0.05) is 35.5 Å². The Labute approximate surface area is 133 Å². The largest absolute Gasteiger partial charge is 0.348 e. The standard InChI is InChI=1S/C14H16ClN3O2S/c1-9(13(20)17(2)3)21-14-16-8-12(19)18(14)11-7-5-4-6-10(11)15/h4-7,9H,8H2,1-3H3/t9-/m1/s1. The summed E-state index contributed by atoms with van der Waals surface area (Å²) in [6.07, 6.45) is 0. The van der Waals surface area contributed by atoms with Crippen molar-refractivity contribution in [2.45, 2.75) is 12.2 Å². The number of halogens is 1. The molecular formula is C14H16ClN3O2S. The van der Waals surface area contributed by atoms with E-state index in [0.717, 1.165) is 0 Å². The summed E-state index contributed by atoms with van der Waals surface area (Å²) in [5, 5.41) is 0.665. The fourth-order valence-corrected chi connectivity index (χ4v) is 3.21. The van der Waals surface area contributed by atoms with Crippen LogP contribution in [-0.4, -0.2) is 47.8 Å². The number of nitrogens with zero attached hydrogens (tertiary/aromatic N) is 3. The zero-order valence-electron chi connectivity index (χ0n) is 12.0. The topological polar surface area (TPSA) is 53.0 Å². The SMILES string of the molecule is C[C@@H](SC1=NCC(=O)N1c1ccccc1Cl)C(=O)N(C)C. The molecule has 1 atom stereocenters. The average Bonchev–Trinajstić information content (AvgIpc) is 2.79. The predicted octanol–water partition coefficient (Wildman–Crippen LogP) is 2.25. The minimum Gasteiger partial charge on any atom is -0.348 e. The van der Waals surface area contributed by atoms with E-state index in [4.69, 9.17) is 11.6 Å². The van der Waals surface area contributed by atoms with Gasteiger partial charge in [-0.05, 0) is 19.1 Å². The normalized spacial score (nSPS) is 15.9. The fraction of sp³-hybridized carbons (Fsp3) is 0.357. The number of amidine groups is 1. The number of benzene rings is 1. The van der Waals surface area contributed by atoms with Crippen LogP contribution in [0.15, 0.2) is 29.3 Å². The first-order chi connectivity index (χ1) is 9.91. The van der Waals surface area contributed by atoms with Crippen molar-refractivity contribution in [3.8, 4) is 0 Å². The van der Waals surface area contributed by atoms with Crippen LogP contribution >= 0.6 is 23.4 Å². The first kappa shape index (κ1) is 15.9. The lowest BCUT2D eigenvalue weighted by molar-refractivity contribution is -0.127. The molecule has 1 aromatic rings. The summed E-state index contributed by atoms with van der Waals surface area (Å²) in [6.45, 7) is 1.87. The Morgan fingerprint density at radius 3 is 2.71 bits per heavy atom. The van der Waals surface area contributed by atoms with E-state index in [2.05, 4.69) is 4.99 Å². The second-order valence-electron chi connectivity index (χ2n) is 4.77. The number of para-hydroxylation sites is 1. The van der Waals surface area contributed by atoms with Crippen LogP contribution in [0.1, 0.15) is 6.92 Å². The number of anilines is 1. The van der Waals surface area contributed by atoms with Gasteiger partial charge in [0.25, 0.3) is 5.91 Å². The summed E-state index contributed by atoms with van der Waals surface area (Å²) in [5.41, 5.74) is 0.595. The van der Waals surface area contributed by atoms with Crippen molar-refractivity contribution in [2.75, 3.05) is 25.5 Å². The van der Waals surface area contributed by atoms with Gasteiger partial charge in [0.15, 0.2) is 5.17 Å². The number of hydrogen-bond acceptors (Lipinski definition) is 4. The molecule has 0 unspecified atom stereocenters. The highest BCUT2D eigenvalue weighted by atomic mass is 35.5. The van der Waals surface area contributed by atoms with Crippen molar-refractivity contribution in [2.24, 2.45) is 4.99 Å². The first-order valence-corrected chi connectivity index (χ1v) is 7.67. The van der Waals surface area contributed by atoms with Crippen LogP contribution in [0.25, 0.3) is 0 Å². The van der Waals surface area contributed by atoms with E-state index in [1.54, 1.807) is 39.2 Å². The van der Waals surface area contributed by atoms with E-state index in [1.165, 1.54) is 21.6 Å². The van der Waals surface area contributed by atoms with Crippen molar-refractivity contribution in [3.63, 3.8) is 0 Å². The molecule has 7 heteroatoms. The summed E-state index contributed by atoms with van der Waals surface area (Å²) in [7, 11) is 3.40. The molecule has 2 amide bonds. The lowest BCUT2D eigenvalue weighted by Gasteiger charge is -2.22. The average molecular weight is 326 g/mol. The number of amides is 2. The molecule has 2 rings (SSSR count). The Bertz CT molecular complexity index is 604. The smallest absolute Gasteiger partial charge is 0.254 e. The van der Waals surface area contributed by atoms with Crippen LogP contribution in [0.4, 0.5) is 5.69 Å². The van der Waals surface area contributed by atoms with E-state index in [9.17, 15) is 9.59 Å². The summed E-state index contributed by atoms with van der Waals surface area (Å²) < 4.78 is 0. The van der Waals surface area contributed by atoms with Crippen molar-refractivity contribution in [1.82, 2.24) is 4.90 Å². The quantitative estimate of drug-likeness (QED) is 0.856. The van der Waals surface area contributed by atoms with Gasteiger partial charge < -0.3 is 4.90 Å². The molecule has 21 heavy (non-hydrogen) atoms. The third-order valence-electron chi connectivity index (χ3n) is 2.95. The predicted molar refractivity (Wildman–Crippen MR) is 87.0 cm³/mol. The second-order valence-corrected chi connectivity index (χ2v) is 6.49. The van der Waals surface area contributed by atoms with E-state index in [-0.39, 0.29) is 23.6 Å². The molecule has 112 valence electrons. The molecule has 1 aliphatic heterocycles. The lowest BCUT2D eigenvalue weighted by Crippen LogP contribution is -2.35. The van der Waals surface area contributed by atoms with Gasteiger partial charge in [-0.3, -0.25) is 19.5 Å². The van der Waals surface area contributed by atoms with Gasteiger partial charge in [0.05, 0.1) is 16.0 Å². The third-order valence-corrected chi connectivity index (χ3v) is 4.35. The van der Waals surface area contributed by atoms with E-state index in [0.29, 0.717) is 15.9 Å². The number of carbonyl (C=O) groups excluding carboxylic acids is 2. The molecule has 0 spiro atoms. The summed E-state index contributed by atoms with van der Waals surface area (Å²) in [4.78, 5) is 31.2. The fourth-order valence-electron chi connectivity index (χ4n) is 1.92. The maximum Gasteiger partial charge on any atom is 0.254 e. The van der Waals surface area contributed by atoms with Crippen LogP contribution in [0.5, 0.6) is 0 Å². The Kier molecular flexibility index (Phi) is 4.90. The monoisotopic (exact) mass is 325 g/mol. The summed E-state index contributed by atoms with van der Waals surface area (Å²) in [6, 6.07) is 7.09. The van der Waals surface area contributed by atoms with E-state index < -0.39 is 0 Å². The van der Waals surface area contributed by atoms with Gasteiger partial charge in [-0.15, -0.1) is 0 Å². The van der Waals surface area contributed by atoms with Crippen LogP contribution in [-0.2, 0) is 9.59 Å². The molecule has 0 fully saturated rings. The Morgan fingerprint density at radius 1 is 1.43 bits per heavy atom. The van der Waals surface area contributed by atoms with Gasteiger partial charge in [0.1, 0.15) is 6.54 Å². The Morgan fingerprint density at radius 2 is 2.10 bits per heavy atom. The van der Waals surface area contributed by atoms with E-state index in [1.807, 2.05) is 6.07 Å². The minimum atomic E-state index is -0.324. The molecule has 0 saturated heterocycles. The molecule has 0 N–H and O–H groups in total. The van der Waals surface area contributed by atoms with Crippen LogP contribution in [0.2, 0.25) is 5.02 Å². The zero-order valence-corrected chi connectivity index (χ0v) is 13.6. The zero-order chi connectivity index (χ0) is 15.6. The van der Waals surface area contributed by atoms with Crippen molar-refractivity contribution < 1.29 is 9.59 Å². The lowest BCUT2D eigenvalue weighted by atomic mass is 10.3. The summed E-state index contributed by atoms with van der Waals surface area (Å²) in [5.74, 6) is -0.170. The minimum absolute atomic E-state index is 0.0267. The molecule has 5 nitrogen and oxygen atoms in total. The molecule has 0 bridgehead atoms. The van der Waals surface area contributed by atoms with E-state index >= 15 is 0 Å². The van der Waals surface area contributed by atoms with Gasteiger partial charge >= 0.3 is 0 Å². The van der Waals surface area contributed by atoms with Crippen LogP contribution in [0.3, 0.4) is 0 Å². The number of aliphatic imine (C=N–C) groups is 1. The number of carbonyl (C=O) groups is 2. The molecule has 0 aliphatic carbocycles. The third kappa shape index (κ3) is 3.39. The van der Waals surface area contributed by atoms with Gasteiger partial charge in [0.2, 0.25) is 5.91 Å². The molecule has 0 aromatic heterocycles. The van der Waals surface area contributed by atoms with Crippen molar-refractivity contribution in [1.29, 1.82) is 0 Å². The molecule has 1 aliphatic rings. The van der Waals surface area contributed by atoms with Gasteiger partial charge in [0, 0.05) is 14.1 Å². The van der Waals surface area contributed by atoms with Crippen LogP contribution < -0.4 is 4.90 Å². The first-order valence-electron chi connectivity index (χ1n) is 6.41. The number of rotatable bonds is 3.